The second-order valence-corrected chi connectivity index (χ2v) is 5.96. The third-order valence-corrected chi connectivity index (χ3v) is 4.17. The molecule has 0 bridgehead atoms. The molecule has 1 aliphatic rings. The van der Waals surface area contributed by atoms with Gasteiger partial charge in [0.25, 0.3) is 0 Å². The third-order valence-electron chi connectivity index (χ3n) is 4.17. The van der Waals surface area contributed by atoms with Crippen LogP contribution in [0.1, 0.15) is 53.4 Å². The number of hydrogen-bond donors (Lipinski definition) is 1. The van der Waals surface area contributed by atoms with Gasteiger partial charge in [-0.25, -0.2) is 0 Å². The van der Waals surface area contributed by atoms with Crippen molar-refractivity contribution in [2.45, 2.75) is 65.5 Å². The SMILES string of the molecule is CCCCN(C)C1CCC(C)(C)C1NCC. The molecule has 2 heteroatoms. The molecule has 1 N–H and O–H groups in total. The van der Waals surface area contributed by atoms with Crippen molar-refractivity contribution in [1.29, 1.82) is 0 Å². The lowest BCUT2D eigenvalue weighted by molar-refractivity contribution is 0.171. The van der Waals surface area contributed by atoms with Gasteiger partial charge in [-0.3, -0.25) is 0 Å². The zero-order chi connectivity index (χ0) is 12.2. The molecule has 16 heavy (non-hydrogen) atoms. The summed E-state index contributed by atoms with van der Waals surface area (Å²) in [6, 6.07) is 1.40. The molecule has 0 heterocycles. The van der Waals surface area contributed by atoms with Crippen LogP contribution in [0, 0.1) is 5.41 Å². The number of hydrogen-bond acceptors (Lipinski definition) is 2. The Hall–Kier alpha value is -0.0800. The highest BCUT2D eigenvalue weighted by molar-refractivity contribution is 5.00. The zero-order valence-electron chi connectivity index (χ0n) is 11.8. The summed E-state index contributed by atoms with van der Waals surface area (Å²) in [7, 11) is 2.30. The van der Waals surface area contributed by atoms with Crippen LogP contribution in [0.5, 0.6) is 0 Å². The van der Waals surface area contributed by atoms with E-state index in [1.165, 1.54) is 32.2 Å². The lowest BCUT2D eigenvalue weighted by Gasteiger charge is -2.36. The maximum absolute atomic E-state index is 3.70. The molecular formula is C14H30N2. The second kappa shape index (κ2) is 6.02. The average Bonchev–Trinajstić information content (AvgIpc) is 2.52. The smallest absolute Gasteiger partial charge is 0.0274 e. The molecule has 0 aromatic heterocycles. The summed E-state index contributed by atoms with van der Waals surface area (Å²) < 4.78 is 0. The van der Waals surface area contributed by atoms with Crippen LogP contribution in [0.15, 0.2) is 0 Å². The minimum absolute atomic E-state index is 0.459. The molecule has 0 amide bonds. The van der Waals surface area contributed by atoms with E-state index >= 15 is 0 Å². The fourth-order valence-electron chi connectivity index (χ4n) is 3.04. The molecule has 2 unspecified atom stereocenters. The Bertz CT molecular complexity index is 201. The van der Waals surface area contributed by atoms with E-state index in [1.807, 2.05) is 0 Å². The van der Waals surface area contributed by atoms with Crippen LogP contribution in [-0.2, 0) is 0 Å². The number of rotatable bonds is 6. The maximum Gasteiger partial charge on any atom is 0.0274 e. The Morgan fingerprint density at radius 3 is 2.56 bits per heavy atom. The molecule has 0 saturated heterocycles. The fourth-order valence-corrected chi connectivity index (χ4v) is 3.04. The van der Waals surface area contributed by atoms with Gasteiger partial charge in [-0.15, -0.1) is 0 Å². The number of nitrogens with zero attached hydrogens (tertiary/aromatic N) is 1. The van der Waals surface area contributed by atoms with Crippen molar-refractivity contribution in [2.75, 3.05) is 20.1 Å². The van der Waals surface area contributed by atoms with E-state index in [-0.39, 0.29) is 0 Å². The zero-order valence-corrected chi connectivity index (χ0v) is 11.8. The Balaban J connectivity index is 2.58. The van der Waals surface area contributed by atoms with E-state index in [2.05, 4.69) is 45.0 Å². The van der Waals surface area contributed by atoms with Gasteiger partial charge >= 0.3 is 0 Å². The lowest BCUT2D eigenvalue weighted by Crippen LogP contribution is -2.50. The molecule has 2 nitrogen and oxygen atoms in total. The molecule has 1 saturated carbocycles. The van der Waals surface area contributed by atoms with Gasteiger partial charge in [0.2, 0.25) is 0 Å². The Kier molecular flexibility index (Phi) is 5.26. The minimum atomic E-state index is 0.459. The van der Waals surface area contributed by atoms with Crippen molar-refractivity contribution in [3.8, 4) is 0 Å². The number of unbranched alkanes of at least 4 members (excludes halogenated alkanes) is 1. The Morgan fingerprint density at radius 2 is 2.00 bits per heavy atom. The van der Waals surface area contributed by atoms with Crippen molar-refractivity contribution in [3.63, 3.8) is 0 Å². The van der Waals surface area contributed by atoms with Crippen LogP contribution in [-0.4, -0.2) is 37.1 Å². The van der Waals surface area contributed by atoms with Crippen LogP contribution >= 0.6 is 0 Å². The van der Waals surface area contributed by atoms with Crippen LogP contribution in [0.4, 0.5) is 0 Å². The monoisotopic (exact) mass is 226 g/mol. The molecule has 0 spiro atoms. The van der Waals surface area contributed by atoms with Gasteiger partial charge in [-0.1, -0.05) is 34.1 Å². The summed E-state index contributed by atoms with van der Waals surface area (Å²) >= 11 is 0. The van der Waals surface area contributed by atoms with Crippen molar-refractivity contribution < 1.29 is 0 Å². The van der Waals surface area contributed by atoms with Gasteiger partial charge in [0.05, 0.1) is 0 Å². The first-order valence-corrected chi connectivity index (χ1v) is 6.96. The summed E-state index contributed by atoms with van der Waals surface area (Å²) in [6.07, 6.45) is 5.33. The molecule has 0 radical (unpaired) electrons. The van der Waals surface area contributed by atoms with E-state index in [0.717, 1.165) is 12.6 Å². The van der Waals surface area contributed by atoms with Gasteiger partial charge < -0.3 is 10.2 Å². The summed E-state index contributed by atoms with van der Waals surface area (Å²) in [6.45, 7) is 11.7. The van der Waals surface area contributed by atoms with E-state index in [0.29, 0.717) is 11.5 Å². The van der Waals surface area contributed by atoms with E-state index in [1.54, 1.807) is 0 Å². The predicted molar refractivity (Wildman–Crippen MR) is 71.8 cm³/mol. The van der Waals surface area contributed by atoms with Crippen LogP contribution in [0.2, 0.25) is 0 Å². The van der Waals surface area contributed by atoms with Gasteiger partial charge in [0.15, 0.2) is 0 Å². The van der Waals surface area contributed by atoms with Gasteiger partial charge in [0, 0.05) is 12.1 Å². The molecule has 0 aromatic rings. The topological polar surface area (TPSA) is 15.3 Å². The average molecular weight is 226 g/mol. The number of likely N-dealkylation sites (N-methyl/N-ethyl adjacent to an activating group) is 2. The summed E-state index contributed by atoms with van der Waals surface area (Å²) in [5.74, 6) is 0. The third kappa shape index (κ3) is 3.21. The van der Waals surface area contributed by atoms with Crippen molar-refractivity contribution >= 4 is 0 Å². The summed E-state index contributed by atoms with van der Waals surface area (Å²) in [5.41, 5.74) is 0.459. The highest BCUT2D eigenvalue weighted by atomic mass is 15.2. The van der Waals surface area contributed by atoms with E-state index < -0.39 is 0 Å². The van der Waals surface area contributed by atoms with Crippen LogP contribution in [0.3, 0.4) is 0 Å². The van der Waals surface area contributed by atoms with E-state index in [9.17, 15) is 0 Å². The minimum Gasteiger partial charge on any atom is -0.312 e. The van der Waals surface area contributed by atoms with Crippen molar-refractivity contribution in [2.24, 2.45) is 5.41 Å². The molecule has 1 rings (SSSR count). The van der Waals surface area contributed by atoms with E-state index in [4.69, 9.17) is 0 Å². The molecule has 0 aliphatic heterocycles. The lowest BCUT2D eigenvalue weighted by atomic mass is 9.86. The van der Waals surface area contributed by atoms with Crippen molar-refractivity contribution in [1.82, 2.24) is 10.2 Å². The van der Waals surface area contributed by atoms with Gasteiger partial charge in [-0.2, -0.15) is 0 Å². The number of nitrogens with one attached hydrogen (secondary N) is 1. The first-order valence-electron chi connectivity index (χ1n) is 6.96. The summed E-state index contributed by atoms with van der Waals surface area (Å²) in [4.78, 5) is 2.57. The molecule has 96 valence electrons. The van der Waals surface area contributed by atoms with Crippen LogP contribution < -0.4 is 5.32 Å². The van der Waals surface area contributed by atoms with Crippen molar-refractivity contribution in [3.05, 3.63) is 0 Å². The summed E-state index contributed by atoms with van der Waals surface area (Å²) in [5, 5.41) is 3.70. The largest absolute Gasteiger partial charge is 0.312 e. The normalized spacial score (nSPS) is 28.9. The predicted octanol–water partition coefficient (Wildman–Crippen LogP) is 2.89. The fraction of sp³-hybridized carbons (Fsp3) is 1.00. The second-order valence-electron chi connectivity index (χ2n) is 5.96. The standard InChI is InChI=1S/C14H30N2/c1-6-8-11-16(5)12-9-10-14(3,4)13(12)15-7-2/h12-13,15H,6-11H2,1-5H3. The maximum atomic E-state index is 3.70. The molecule has 1 aliphatic carbocycles. The highest BCUT2D eigenvalue weighted by Crippen LogP contribution is 2.39. The molecule has 0 aromatic carbocycles. The van der Waals surface area contributed by atoms with Gasteiger partial charge in [0.1, 0.15) is 0 Å². The molecular weight excluding hydrogens is 196 g/mol. The quantitative estimate of drug-likeness (QED) is 0.749. The highest BCUT2D eigenvalue weighted by Gasteiger charge is 2.42. The molecule has 2 atom stereocenters. The Morgan fingerprint density at radius 1 is 1.31 bits per heavy atom. The Labute approximate surface area is 102 Å². The van der Waals surface area contributed by atoms with Crippen LogP contribution in [0.25, 0.3) is 0 Å². The first-order chi connectivity index (χ1) is 7.53. The molecule has 1 fully saturated rings. The first kappa shape index (κ1) is 14.0. The van der Waals surface area contributed by atoms with Gasteiger partial charge in [-0.05, 0) is 44.8 Å².